The predicted octanol–water partition coefficient (Wildman–Crippen LogP) is 1.01. The van der Waals surface area contributed by atoms with Gasteiger partial charge < -0.3 is 10.1 Å². The zero-order valence-electron chi connectivity index (χ0n) is 11.4. The number of nitrogens with one attached hydrogen (secondary N) is 1. The van der Waals surface area contributed by atoms with Crippen molar-refractivity contribution in [3.05, 3.63) is 17.0 Å². The van der Waals surface area contributed by atoms with Crippen LogP contribution in [0.5, 0.6) is 0 Å². The van der Waals surface area contributed by atoms with Crippen molar-refractivity contribution in [3.63, 3.8) is 0 Å². The molecule has 1 N–H and O–H groups in total. The molecule has 1 aliphatic rings. The number of ether oxygens (including phenoxy) is 1. The van der Waals surface area contributed by atoms with E-state index in [9.17, 15) is 19.2 Å². The third-order valence-corrected chi connectivity index (χ3v) is 3.70. The van der Waals surface area contributed by atoms with Crippen molar-refractivity contribution >= 4 is 40.0 Å². The molecule has 0 aliphatic carbocycles. The maximum Gasteiger partial charge on any atom is 0.341 e. The van der Waals surface area contributed by atoms with Crippen molar-refractivity contribution in [3.8, 4) is 0 Å². The van der Waals surface area contributed by atoms with E-state index in [1.807, 2.05) is 0 Å². The Morgan fingerprint density at radius 3 is 2.62 bits per heavy atom. The lowest BCUT2D eigenvalue weighted by molar-refractivity contribution is -0.141. The van der Waals surface area contributed by atoms with Crippen molar-refractivity contribution < 1.29 is 23.9 Å². The highest BCUT2D eigenvalue weighted by Gasteiger charge is 2.30. The largest absolute Gasteiger partial charge is 0.462 e. The zero-order chi connectivity index (χ0) is 15.4. The standard InChI is InChI=1S/C13H14N2O5S/c1-2-20-13(19)8-5-6-21-12(8)14-9(16)7-15-10(17)3-4-11(15)18/h5-6H,2-4,7H2,1H3,(H,14,16). The molecule has 1 aliphatic heterocycles. The summed E-state index contributed by atoms with van der Waals surface area (Å²) in [5.41, 5.74) is 0.259. The highest BCUT2D eigenvalue weighted by atomic mass is 32.1. The molecule has 0 radical (unpaired) electrons. The highest BCUT2D eigenvalue weighted by molar-refractivity contribution is 7.14. The summed E-state index contributed by atoms with van der Waals surface area (Å²) in [5, 5.41) is 4.52. The van der Waals surface area contributed by atoms with Crippen LogP contribution in [0.25, 0.3) is 0 Å². The third-order valence-electron chi connectivity index (χ3n) is 2.87. The number of likely N-dealkylation sites (tertiary alicyclic amines) is 1. The van der Waals surface area contributed by atoms with Crippen LogP contribution in [0.1, 0.15) is 30.1 Å². The van der Waals surface area contributed by atoms with Gasteiger partial charge in [-0.05, 0) is 18.4 Å². The molecule has 0 aromatic carbocycles. The monoisotopic (exact) mass is 310 g/mol. The smallest absolute Gasteiger partial charge is 0.341 e. The van der Waals surface area contributed by atoms with Crippen molar-refractivity contribution in [2.45, 2.75) is 19.8 Å². The van der Waals surface area contributed by atoms with Crippen molar-refractivity contribution in [1.82, 2.24) is 4.90 Å². The van der Waals surface area contributed by atoms with E-state index in [2.05, 4.69) is 5.32 Å². The van der Waals surface area contributed by atoms with Gasteiger partial charge in [-0.2, -0.15) is 0 Å². The maximum absolute atomic E-state index is 11.9. The van der Waals surface area contributed by atoms with Gasteiger partial charge >= 0.3 is 5.97 Å². The first-order chi connectivity index (χ1) is 10.0. The van der Waals surface area contributed by atoms with Gasteiger partial charge in [0, 0.05) is 12.8 Å². The van der Waals surface area contributed by atoms with Crippen LogP contribution < -0.4 is 5.32 Å². The van der Waals surface area contributed by atoms with Crippen LogP contribution in [0, 0.1) is 0 Å². The van der Waals surface area contributed by atoms with Crippen molar-refractivity contribution in [1.29, 1.82) is 0 Å². The fourth-order valence-electron chi connectivity index (χ4n) is 1.88. The lowest BCUT2D eigenvalue weighted by atomic mass is 10.3. The molecule has 0 spiro atoms. The first-order valence-electron chi connectivity index (χ1n) is 6.40. The summed E-state index contributed by atoms with van der Waals surface area (Å²) >= 11 is 1.17. The van der Waals surface area contributed by atoms with Crippen molar-refractivity contribution in [2.24, 2.45) is 0 Å². The van der Waals surface area contributed by atoms with Crippen LogP contribution in [0.15, 0.2) is 11.4 Å². The van der Waals surface area contributed by atoms with E-state index in [1.165, 1.54) is 11.3 Å². The second-order valence-corrected chi connectivity index (χ2v) is 5.22. The van der Waals surface area contributed by atoms with Gasteiger partial charge in [0.1, 0.15) is 11.5 Å². The number of rotatable bonds is 5. The quantitative estimate of drug-likeness (QED) is 0.647. The zero-order valence-corrected chi connectivity index (χ0v) is 12.2. The number of carbonyl (C=O) groups is 4. The molecule has 0 saturated carbocycles. The van der Waals surface area contributed by atoms with Crippen LogP contribution >= 0.6 is 11.3 Å². The lowest BCUT2D eigenvalue weighted by Crippen LogP contribution is -2.36. The fraction of sp³-hybridized carbons (Fsp3) is 0.385. The highest BCUT2D eigenvalue weighted by Crippen LogP contribution is 2.24. The summed E-state index contributed by atoms with van der Waals surface area (Å²) in [6, 6.07) is 1.55. The molecule has 8 heteroatoms. The Morgan fingerprint density at radius 2 is 2.00 bits per heavy atom. The number of anilines is 1. The molecule has 0 bridgehead atoms. The number of amides is 3. The second-order valence-electron chi connectivity index (χ2n) is 4.31. The van der Waals surface area contributed by atoms with E-state index in [1.54, 1.807) is 18.4 Å². The normalized spacial score (nSPS) is 14.4. The van der Waals surface area contributed by atoms with E-state index in [0.717, 1.165) is 4.90 Å². The molecule has 1 aromatic heterocycles. The number of carbonyl (C=O) groups excluding carboxylic acids is 4. The minimum Gasteiger partial charge on any atom is -0.462 e. The van der Waals surface area contributed by atoms with Gasteiger partial charge in [0.15, 0.2) is 0 Å². The molecule has 1 saturated heterocycles. The minimum absolute atomic E-state index is 0.138. The summed E-state index contributed by atoms with van der Waals surface area (Å²) in [6.07, 6.45) is 0.276. The molecule has 112 valence electrons. The van der Waals surface area contributed by atoms with Gasteiger partial charge in [-0.3, -0.25) is 19.3 Å². The average Bonchev–Trinajstić information content (AvgIpc) is 3.01. The molecule has 0 atom stereocenters. The average molecular weight is 310 g/mol. The summed E-state index contributed by atoms with van der Waals surface area (Å²) in [6.45, 7) is 1.59. The molecule has 0 unspecified atom stereocenters. The molecule has 7 nitrogen and oxygen atoms in total. The fourth-order valence-corrected chi connectivity index (χ4v) is 2.68. The molecule has 21 heavy (non-hydrogen) atoms. The van der Waals surface area contributed by atoms with Gasteiger partial charge in [0.05, 0.1) is 12.2 Å². The molecular formula is C13H14N2O5S. The first-order valence-corrected chi connectivity index (χ1v) is 7.28. The number of hydrogen-bond acceptors (Lipinski definition) is 6. The molecule has 2 rings (SSSR count). The Morgan fingerprint density at radius 1 is 1.33 bits per heavy atom. The SMILES string of the molecule is CCOC(=O)c1ccsc1NC(=O)CN1C(=O)CCC1=O. The molecule has 1 aromatic rings. The minimum atomic E-state index is -0.526. The molecular weight excluding hydrogens is 296 g/mol. The topological polar surface area (TPSA) is 92.8 Å². The van der Waals surface area contributed by atoms with E-state index < -0.39 is 11.9 Å². The molecule has 3 amide bonds. The van der Waals surface area contributed by atoms with Gasteiger partial charge in [-0.25, -0.2) is 4.79 Å². The number of thiophene rings is 1. The van der Waals surface area contributed by atoms with Crippen LogP contribution in [0.2, 0.25) is 0 Å². The summed E-state index contributed by atoms with van der Waals surface area (Å²) < 4.78 is 4.87. The Kier molecular flexibility index (Phi) is 4.69. The second kappa shape index (κ2) is 6.49. The number of hydrogen-bond donors (Lipinski definition) is 1. The van der Waals surface area contributed by atoms with Gasteiger partial charge in [-0.15, -0.1) is 11.3 Å². The number of imide groups is 1. The van der Waals surface area contributed by atoms with Crippen molar-refractivity contribution in [2.75, 3.05) is 18.5 Å². The van der Waals surface area contributed by atoms with Gasteiger partial charge in [0.25, 0.3) is 0 Å². The summed E-state index contributed by atoms with van der Waals surface area (Å²) in [4.78, 5) is 47.4. The maximum atomic E-state index is 11.9. The van der Waals surface area contributed by atoms with E-state index in [-0.39, 0.29) is 43.4 Å². The van der Waals surface area contributed by atoms with Crippen LogP contribution in [0.3, 0.4) is 0 Å². The number of nitrogens with zero attached hydrogens (tertiary/aromatic N) is 1. The van der Waals surface area contributed by atoms with Gasteiger partial charge in [-0.1, -0.05) is 0 Å². The Labute approximate surface area is 124 Å². The third kappa shape index (κ3) is 3.46. The molecule has 2 heterocycles. The van der Waals surface area contributed by atoms with Gasteiger partial charge in [0.2, 0.25) is 17.7 Å². The Hall–Kier alpha value is -2.22. The Bertz CT molecular complexity index is 579. The first kappa shape index (κ1) is 15.2. The van der Waals surface area contributed by atoms with E-state index in [0.29, 0.717) is 5.00 Å². The van der Waals surface area contributed by atoms with E-state index >= 15 is 0 Å². The van der Waals surface area contributed by atoms with E-state index in [4.69, 9.17) is 4.74 Å². The molecule has 1 fully saturated rings. The lowest BCUT2D eigenvalue weighted by Gasteiger charge is -2.13. The Balaban J connectivity index is 2.00. The van der Waals surface area contributed by atoms with Crippen LogP contribution in [0.4, 0.5) is 5.00 Å². The summed E-state index contributed by atoms with van der Waals surface area (Å²) in [5.74, 6) is -1.76. The predicted molar refractivity (Wildman–Crippen MR) is 74.9 cm³/mol. The van der Waals surface area contributed by atoms with Crippen LogP contribution in [-0.2, 0) is 19.1 Å². The summed E-state index contributed by atoms with van der Waals surface area (Å²) in [7, 11) is 0. The number of esters is 1. The van der Waals surface area contributed by atoms with Crippen LogP contribution in [-0.4, -0.2) is 41.7 Å².